The molecular weight excluding hydrogens is 346 g/mol. The predicted octanol–water partition coefficient (Wildman–Crippen LogP) is 2.84. The molecule has 0 unspecified atom stereocenters. The first kappa shape index (κ1) is 15.1. The Morgan fingerprint density at radius 2 is 2.05 bits per heavy atom. The number of methoxy groups -OCH3 is 1. The van der Waals surface area contributed by atoms with Crippen LogP contribution in [0.15, 0.2) is 44.1 Å². The van der Waals surface area contributed by atoms with Crippen molar-refractivity contribution in [2.75, 3.05) is 7.11 Å². The average molecular weight is 360 g/mol. The molecule has 1 heterocycles. The molecule has 0 bridgehead atoms. The van der Waals surface area contributed by atoms with Crippen molar-refractivity contribution in [3.05, 3.63) is 46.3 Å². The van der Waals surface area contributed by atoms with Gasteiger partial charge in [0.25, 0.3) is 0 Å². The van der Waals surface area contributed by atoms with Crippen LogP contribution in [-0.4, -0.2) is 15.5 Å². The lowest BCUT2D eigenvalue weighted by atomic mass is 10.3. The van der Waals surface area contributed by atoms with Crippen LogP contribution in [0, 0.1) is 6.92 Å². The third kappa shape index (κ3) is 3.41. The number of rotatable bonds is 5. The van der Waals surface area contributed by atoms with Gasteiger partial charge >= 0.3 is 0 Å². The van der Waals surface area contributed by atoms with E-state index >= 15 is 0 Å². The van der Waals surface area contributed by atoms with E-state index in [9.17, 15) is 8.42 Å². The minimum Gasteiger partial charge on any atom is -0.496 e. The highest BCUT2D eigenvalue weighted by molar-refractivity contribution is 9.10. The SMILES string of the molecule is COc1ccc(S(=O)(=O)NCc2ccc(C)o2)cc1Br. The van der Waals surface area contributed by atoms with Gasteiger partial charge in [-0.2, -0.15) is 0 Å². The van der Waals surface area contributed by atoms with Crippen LogP contribution < -0.4 is 9.46 Å². The Morgan fingerprint density at radius 3 is 2.60 bits per heavy atom. The van der Waals surface area contributed by atoms with Gasteiger partial charge in [0.15, 0.2) is 0 Å². The summed E-state index contributed by atoms with van der Waals surface area (Å²) in [6.07, 6.45) is 0. The Labute approximate surface area is 126 Å². The summed E-state index contributed by atoms with van der Waals surface area (Å²) >= 11 is 3.26. The normalized spacial score (nSPS) is 11.6. The number of nitrogens with one attached hydrogen (secondary N) is 1. The van der Waals surface area contributed by atoms with Crippen LogP contribution in [0.3, 0.4) is 0 Å². The minimum absolute atomic E-state index is 0.111. The zero-order valence-electron chi connectivity index (χ0n) is 11.0. The third-order valence-corrected chi connectivity index (χ3v) is 4.68. The zero-order chi connectivity index (χ0) is 14.8. The summed E-state index contributed by atoms with van der Waals surface area (Å²) < 4.78 is 37.8. The van der Waals surface area contributed by atoms with Crippen molar-refractivity contribution in [3.63, 3.8) is 0 Å². The fourth-order valence-corrected chi connectivity index (χ4v) is 3.36. The molecule has 5 nitrogen and oxygen atoms in total. The molecular formula is C13H14BrNO4S. The molecule has 0 spiro atoms. The molecule has 0 radical (unpaired) electrons. The number of hydrogen-bond acceptors (Lipinski definition) is 4. The molecule has 0 amide bonds. The van der Waals surface area contributed by atoms with E-state index in [1.165, 1.54) is 19.2 Å². The van der Waals surface area contributed by atoms with E-state index in [0.29, 0.717) is 16.0 Å². The molecule has 0 fully saturated rings. The Kier molecular flexibility index (Phi) is 4.52. The average Bonchev–Trinajstić information content (AvgIpc) is 2.82. The maximum absolute atomic E-state index is 12.1. The molecule has 7 heteroatoms. The van der Waals surface area contributed by atoms with Crippen molar-refractivity contribution in [3.8, 4) is 5.75 Å². The van der Waals surface area contributed by atoms with Gasteiger partial charge in [-0.3, -0.25) is 0 Å². The first-order valence-corrected chi connectivity index (χ1v) is 8.08. The molecule has 2 aromatic rings. The topological polar surface area (TPSA) is 68.5 Å². The number of hydrogen-bond donors (Lipinski definition) is 1. The van der Waals surface area contributed by atoms with Crippen LogP contribution in [-0.2, 0) is 16.6 Å². The lowest BCUT2D eigenvalue weighted by Crippen LogP contribution is -2.23. The van der Waals surface area contributed by atoms with Gasteiger partial charge in [-0.25, -0.2) is 13.1 Å². The Morgan fingerprint density at radius 1 is 1.30 bits per heavy atom. The van der Waals surface area contributed by atoms with E-state index in [0.717, 1.165) is 5.76 Å². The van der Waals surface area contributed by atoms with Crippen LogP contribution in [0.5, 0.6) is 5.75 Å². The fourth-order valence-electron chi connectivity index (χ4n) is 1.64. The van der Waals surface area contributed by atoms with Crippen molar-refractivity contribution >= 4 is 26.0 Å². The smallest absolute Gasteiger partial charge is 0.241 e. The molecule has 1 N–H and O–H groups in total. The molecule has 20 heavy (non-hydrogen) atoms. The van der Waals surface area contributed by atoms with Crippen molar-refractivity contribution in [1.82, 2.24) is 4.72 Å². The number of ether oxygens (including phenoxy) is 1. The third-order valence-electron chi connectivity index (χ3n) is 2.67. The second-order valence-electron chi connectivity index (χ2n) is 4.13. The molecule has 2 rings (SSSR count). The maximum atomic E-state index is 12.1. The molecule has 0 atom stereocenters. The molecule has 0 saturated carbocycles. The van der Waals surface area contributed by atoms with Crippen LogP contribution >= 0.6 is 15.9 Å². The van der Waals surface area contributed by atoms with E-state index in [1.54, 1.807) is 25.1 Å². The van der Waals surface area contributed by atoms with E-state index in [1.807, 2.05) is 0 Å². The summed E-state index contributed by atoms with van der Waals surface area (Å²) in [7, 11) is -2.07. The van der Waals surface area contributed by atoms with Gasteiger partial charge in [-0.05, 0) is 53.2 Å². The predicted molar refractivity (Wildman–Crippen MR) is 78.2 cm³/mol. The van der Waals surface area contributed by atoms with E-state index < -0.39 is 10.0 Å². The monoisotopic (exact) mass is 359 g/mol. The minimum atomic E-state index is -3.59. The molecule has 0 aliphatic heterocycles. The molecule has 0 saturated heterocycles. The summed E-state index contributed by atoms with van der Waals surface area (Å²) in [5, 5.41) is 0. The van der Waals surface area contributed by atoms with Gasteiger partial charge in [0.05, 0.1) is 23.0 Å². The van der Waals surface area contributed by atoms with Gasteiger partial charge in [0.2, 0.25) is 10.0 Å². The quantitative estimate of drug-likeness (QED) is 0.890. The summed E-state index contributed by atoms with van der Waals surface area (Å²) in [6, 6.07) is 8.10. The first-order valence-electron chi connectivity index (χ1n) is 5.81. The lowest BCUT2D eigenvalue weighted by molar-refractivity contribution is 0.411. The number of sulfonamides is 1. The second kappa shape index (κ2) is 5.99. The molecule has 108 valence electrons. The highest BCUT2D eigenvalue weighted by Crippen LogP contribution is 2.27. The molecule has 0 aliphatic carbocycles. The fraction of sp³-hybridized carbons (Fsp3) is 0.231. The Balaban J connectivity index is 2.15. The van der Waals surface area contributed by atoms with E-state index in [-0.39, 0.29) is 11.4 Å². The summed E-state index contributed by atoms with van der Waals surface area (Å²) in [4.78, 5) is 0.161. The van der Waals surface area contributed by atoms with Gasteiger partial charge < -0.3 is 9.15 Å². The maximum Gasteiger partial charge on any atom is 0.241 e. The van der Waals surface area contributed by atoms with Crippen molar-refractivity contribution in [2.45, 2.75) is 18.4 Å². The summed E-state index contributed by atoms with van der Waals surface area (Å²) in [5.74, 6) is 1.88. The Bertz CT molecular complexity index is 709. The van der Waals surface area contributed by atoms with Crippen LogP contribution in [0.1, 0.15) is 11.5 Å². The summed E-state index contributed by atoms with van der Waals surface area (Å²) in [6.45, 7) is 1.92. The largest absolute Gasteiger partial charge is 0.496 e. The highest BCUT2D eigenvalue weighted by Gasteiger charge is 2.16. The number of furan rings is 1. The second-order valence-corrected chi connectivity index (χ2v) is 6.75. The van der Waals surface area contributed by atoms with Gasteiger partial charge in [0, 0.05) is 0 Å². The van der Waals surface area contributed by atoms with Gasteiger partial charge in [-0.15, -0.1) is 0 Å². The van der Waals surface area contributed by atoms with Crippen LogP contribution in [0.4, 0.5) is 0 Å². The molecule has 1 aromatic heterocycles. The van der Waals surface area contributed by atoms with Crippen molar-refractivity contribution in [2.24, 2.45) is 0 Å². The van der Waals surface area contributed by atoms with Crippen LogP contribution in [0.2, 0.25) is 0 Å². The highest BCUT2D eigenvalue weighted by atomic mass is 79.9. The number of halogens is 1. The van der Waals surface area contributed by atoms with Crippen LogP contribution in [0.25, 0.3) is 0 Å². The first-order chi connectivity index (χ1) is 9.42. The van der Waals surface area contributed by atoms with Gasteiger partial charge in [0.1, 0.15) is 17.3 Å². The molecule has 0 aliphatic rings. The van der Waals surface area contributed by atoms with Crippen molar-refractivity contribution in [1.29, 1.82) is 0 Å². The lowest BCUT2D eigenvalue weighted by Gasteiger charge is -2.08. The number of aryl methyl sites for hydroxylation is 1. The summed E-state index contributed by atoms with van der Waals surface area (Å²) in [5.41, 5.74) is 0. The van der Waals surface area contributed by atoms with Crippen molar-refractivity contribution < 1.29 is 17.6 Å². The zero-order valence-corrected chi connectivity index (χ0v) is 13.4. The van der Waals surface area contributed by atoms with E-state index in [4.69, 9.17) is 9.15 Å². The molecule has 1 aromatic carbocycles. The number of benzene rings is 1. The Hall–Kier alpha value is -1.31. The van der Waals surface area contributed by atoms with Gasteiger partial charge in [-0.1, -0.05) is 0 Å². The van der Waals surface area contributed by atoms with E-state index in [2.05, 4.69) is 20.7 Å². The standard InChI is InChI=1S/C13H14BrNO4S/c1-9-3-4-10(19-9)8-15-20(16,17)11-5-6-13(18-2)12(14)7-11/h3-7,15H,8H2,1-2H3.